The number of hydrogen-bond acceptors (Lipinski definition) is 8. The number of nitrogens with zero attached hydrogens (tertiary/aromatic N) is 2. The van der Waals surface area contributed by atoms with Crippen LogP contribution in [0.5, 0.6) is 11.5 Å². The number of hydrogen-bond donors (Lipinski definition) is 2. The number of nitrogen functional groups attached to an aromatic ring is 1. The van der Waals surface area contributed by atoms with Crippen LogP contribution < -0.4 is 20.5 Å². The summed E-state index contributed by atoms with van der Waals surface area (Å²) in [6.45, 7) is 0. The fraction of sp³-hybridized carbons (Fsp3) is 0.0714. The zero-order chi connectivity index (χ0) is 26.8. The molecule has 0 radical (unpaired) electrons. The number of fused-ring (bicyclic) bond motifs is 1. The number of nitrogens with one attached hydrogen (secondary N) is 1. The van der Waals surface area contributed by atoms with Gasteiger partial charge < -0.3 is 20.5 Å². The van der Waals surface area contributed by atoms with Crippen molar-refractivity contribution in [2.75, 3.05) is 25.3 Å². The summed E-state index contributed by atoms with van der Waals surface area (Å²) in [4.78, 5) is 29.9. The van der Waals surface area contributed by atoms with Gasteiger partial charge in [-0.15, -0.1) is 11.3 Å². The van der Waals surface area contributed by atoms with Gasteiger partial charge in [-0.25, -0.2) is 4.98 Å². The number of nitro benzene ring substituents is 1. The van der Waals surface area contributed by atoms with Gasteiger partial charge >= 0.3 is 0 Å². The second-order valence-electron chi connectivity index (χ2n) is 8.27. The number of thiophene rings is 1. The van der Waals surface area contributed by atoms with E-state index in [4.69, 9.17) is 20.2 Å². The third-order valence-electron chi connectivity index (χ3n) is 6.03. The fourth-order valence-corrected chi connectivity index (χ4v) is 5.13. The van der Waals surface area contributed by atoms with E-state index in [-0.39, 0.29) is 21.9 Å². The number of benzene rings is 3. The zero-order valence-corrected chi connectivity index (χ0v) is 21.2. The molecule has 10 heteroatoms. The SMILES string of the molecule is COc1ccc(-c2cc(-c3ccccc3)nc3sc(C(=O)Nc4ccc(OC)cc4[N+](=O)[O-])c(N)c23)cc1. The number of nitrogens with two attached hydrogens (primary N) is 1. The van der Waals surface area contributed by atoms with E-state index >= 15 is 0 Å². The van der Waals surface area contributed by atoms with E-state index in [9.17, 15) is 14.9 Å². The van der Waals surface area contributed by atoms with Gasteiger partial charge in [0.05, 0.1) is 36.6 Å². The Labute approximate surface area is 221 Å². The second-order valence-corrected chi connectivity index (χ2v) is 9.27. The van der Waals surface area contributed by atoms with Crippen molar-refractivity contribution in [2.24, 2.45) is 0 Å². The number of carbonyl (C=O) groups excluding carboxylic acids is 1. The molecule has 9 nitrogen and oxygen atoms in total. The van der Waals surface area contributed by atoms with Gasteiger partial charge in [-0.05, 0) is 41.5 Å². The molecule has 190 valence electrons. The van der Waals surface area contributed by atoms with Crippen molar-refractivity contribution in [1.82, 2.24) is 4.98 Å². The molecule has 38 heavy (non-hydrogen) atoms. The molecule has 0 spiro atoms. The molecule has 3 N–H and O–H groups in total. The summed E-state index contributed by atoms with van der Waals surface area (Å²) >= 11 is 1.13. The highest BCUT2D eigenvalue weighted by molar-refractivity contribution is 7.21. The predicted octanol–water partition coefficient (Wildman–Crippen LogP) is 6.39. The van der Waals surface area contributed by atoms with Crippen molar-refractivity contribution in [3.05, 3.63) is 93.9 Å². The van der Waals surface area contributed by atoms with Crippen LogP contribution in [-0.4, -0.2) is 30.0 Å². The second kappa shape index (κ2) is 10.2. The Bertz CT molecular complexity index is 1670. The standard InChI is InChI=1S/C28H22N4O5S/c1-36-18-10-8-16(9-11-18)20-15-22(17-6-4-3-5-7-17)31-28-24(20)25(29)26(38-28)27(33)30-21-13-12-19(37-2)14-23(21)32(34)35/h3-15H,29H2,1-2H3,(H,30,33). The van der Waals surface area contributed by atoms with E-state index < -0.39 is 10.8 Å². The van der Waals surface area contributed by atoms with Gasteiger partial charge in [-0.2, -0.15) is 0 Å². The number of methoxy groups -OCH3 is 2. The van der Waals surface area contributed by atoms with Crippen molar-refractivity contribution < 1.29 is 19.2 Å². The van der Waals surface area contributed by atoms with Crippen LogP contribution in [0.3, 0.4) is 0 Å². The molecule has 3 aromatic carbocycles. The lowest BCUT2D eigenvalue weighted by molar-refractivity contribution is -0.384. The zero-order valence-electron chi connectivity index (χ0n) is 20.4. The van der Waals surface area contributed by atoms with Crippen molar-refractivity contribution in [3.8, 4) is 33.9 Å². The molecule has 0 saturated carbocycles. The normalized spacial score (nSPS) is 10.8. The maximum absolute atomic E-state index is 13.3. The summed E-state index contributed by atoms with van der Waals surface area (Å²) in [5, 5.41) is 14.9. The third-order valence-corrected chi connectivity index (χ3v) is 7.12. The Balaban J connectivity index is 1.64. The van der Waals surface area contributed by atoms with Crippen LogP contribution in [-0.2, 0) is 0 Å². The molecule has 0 fully saturated rings. The molecule has 0 unspecified atom stereocenters. The van der Waals surface area contributed by atoms with Gasteiger partial charge in [-0.3, -0.25) is 14.9 Å². The Morgan fingerprint density at radius 1 is 0.947 bits per heavy atom. The van der Waals surface area contributed by atoms with E-state index in [1.54, 1.807) is 7.11 Å². The predicted molar refractivity (Wildman–Crippen MR) is 149 cm³/mol. The maximum atomic E-state index is 13.3. The molecule has 0 saturated heterocycles. The molecule has 0 bridgehead atoms. The summed E-state index contributed by atoms with van der Waals surface area (Å²) < 4.78 is 10.4. The summed E-state index contributed by atoms with van der Waals surface area (Å²) in [5.74, 6) is 0.445. The van der Waals surface area contributed by atoms with Gasteiger partial charge in [0, 0.05) is 10.9 Å². The number of aromatic nitrogens is 1. The first-order valence-corrected chi connectivity index (χ1v) is 12.3. The molecule has 2 aromatic heterocycles. The molecule has 0 aliphatic heterocycles. The van der Waals surface area contributed by atoms with Crippen LogP contribution in [0.25, 0.3) is 32.6 Å². The number of pyridine rings is 1. The van der Waals surface area contributed by atoms with Gasteiger partial charge in [0.15, 0.2) is 0 Å². The maximum Gasteiger partial charge on any atom is 0.296 e. The lowest BCUT2D eigenvalue weighted by atomic mass is 9.99. The Hall–Kier alpha value is -4.96. The van der Waals surface area contributed by atoms with E-state index in [1.165, 1.54) is 25.3 Å². The monoisotopic (exact) mass is 526 g/mol. The topological polar surface area (TPSA) is 130 Å². The minimum absolute atomic E-state index is 0.0333. The quantitative estimate of drug-likeness (QED) is 0.186. The highest BCUT2D eigenvalue weighted by Gasteiger charge is 2.24. The Morgan fingerprint density at radius 3 is 2.29 bits per heavy atom. The molecular weight excluding hydrogens is 504 g/mol. The van der Waals surface area contributed by atoms with E-state index in [0.29, 0.717) is 21.7 Å². The van der Waals surface area contributed by atoms with Crippen LogP contribution in [0.1, 0.15) is 9.67 Å². The molecule has 0 aliphatic carbocycles. The third kappa shape index (κ3) is 4.60. The minimum Gasteiger partial charge on any atom is -0.497 e. The van der Waals surface area contributed by atoms with E-state index in [2.05, 4.69) is 5.32 Å². The van der Waals surface area contributed by atoms with Crippen LogP contribution in [0.2, 0.25) is 0 Å². The van der Waals surface area contributed by atoms with Crippen LogP contribution in [0.15, 0.2) is 78.9 Å². The number of rotatable bonds is 7. The first-order chi connectivity index (χ1) is 18.4. The highest BCUT2D eigenvalue weighted by atomic mass is 32.1. The van der Waals surface area contributed by atoms with E-state index in [1.807, 2.05) is 60.7 Å². The molecule has 2 heterocycles. The molecule has 1 amide bonds. The number of anilines is 2. The Kier molecular flexibility index (Phi) is 6.63. The average Bonchev–Trinajstić information content (AvgIpc) is 3.29. The average molecular weight is 527 g/mol. The van der Waals surface area contributed by atoms with Crippen molar-refractivity contribution in [1.29, 1.82) is 0 Å². The van der Waals surface area contributed by atoms with Crippen molar-refractivity contribution in [3.63, 3.8) is 0 Å². The fourth-order valence-electron chi connectivity index (χ4n) is 4.12. The van der Waals surface area contributed by atoms with Crippen LogP contribution in [0, 0.1) is 10.1 Å². The highest BCUT2D eigenvalue weighted by Crippen LogP contribution is 2.42. The Morgan fingerprint density at radius 2 is 1.63 bits per heavy atom. The minimum atomic E-state index is -0.581. The summed E-state index contributed by atoms with van der Waals surface area (Å²) in [7, 11) is 3.01. The first kappa shape index (κ1) is 24.7. The smallest absolute Gasteiger partial charge is 0.296 e. The van der Waals surface area contributed by atoms with Crippen LogP contribution >= 0.6 is 11.3 Å². The molecular formula is C28H22N4O5S. The van der Waals surface area contributed by atoms with Gasteiger partial charge in [0.2, 0.25) is 0 Å². The van der Waals surface area contributed by atoms with Crippen molar-refractivity contribution >= 4 is 44.5 Å². The summed E-state index contributed by atoms with van der Waals surface area (Å²) in [5.41, 5.74) is 9.86. The summed E-state index contributed by atoms with van der Waals surface area (Å²) in [6, 6.07) is 23.4. The number of carbonyl (C=O) groups is 1. The largest absolute Gasteiger partial charge is 0.497 e. The molecule has 0 atom stereocenters. The van der Waals surface area contributed by atoms with Crippen molar-refractivity contribution in [2.45, 2.75) is 0 Å². The molecule has 5 rings (SSSR count). The van der Waals surface area contributed by atoms with E-state index in [0.717, 1.165) is 33.7 Å². The number of ether oxygens (including phenoxy) is 2. The molecule has 5 aromatic rings. The molecule has 0 aliphatic rings. The number of nitro groups is 1. The summed E-state index contributed by atoms with van der Waals surface area (Å²) in [6.07, 6.45) is 0. The van der Waals surface area contributed by atoms with Gasteiger partial charge in [0.1, 0.15) is 26.9 Å². The first-order valence-electron chi connectivity index (χ1n) is 11.5. The lowest BCUT2D eigenvalue weighted by Gasteiger charge is -2.10. The number of amides is 1. The van der Waals surface area contributed by atoms with Gasteiger partial charge in [0.25, 0.3) is 11.6 Å². The lowest BCUT2D eigenvalue weighted by Crippen LogP contribution is -2.13. The van der Waals surface area contributed by atoms with Crippen LogP contribution in [0.4, 0.5) is 17.1 Å². The van der Waals surface area contributed by atoms with Gasteiger partial charge in [-0.1, -0.05) is 42.5 Å².